The van der Waals surface area contributed by atoms with E-state index in [0.717, 1.165) is 25.2 Å². The topological polar surface area (TPSA) is 20.3 Å². The second-order valence-corrected chi connectivity index (χ2v) is 3.40. The van der Waals surface area contributed by atoms with Gasteiger partial charge >= 0.3 is 0 Å². The molecule has 0 amide bonds. The van der Waals surface area contributed by atoms with Gasteiger partial charge in [0.05, 0.1) is 0 Å². The van der Waals surface area contributed by atoms with Crippen molar-refractivity contribution in [1.29, 1.82) is 0 Å². The molecular formula is C12H16FNO. The van der Waals surface area contributed by atoms with Gasteiger partial charge in [-0.15, -0.1) is 0 Å². The molecule has 0 aliphatic heterocycles. The Balaban J connectivity index is 3.04. The van der Waals surface area contributed by atoms with Crippen molar-refractivity contribution in [3.8, 4) is 0 Å². The van der Waals surface area contributed by atoms with Crippen LogP contribution in [0.1, 0.15) is 30.6 Å². The molecule has 0 heterocycles. The molecule has 0 saturated carbocycles. The second kappa shape index (κ2) is 5.49. The molecule has 1 rings (SSSR count). The molecule has 0 aliphatic rings. The molecule has 0 saturated heterocycles. The summed E-state index contributed by atoms with van der Waals surface area (Å²) in [6.45, 7) is 5.80. The van der Waals surface area contributed by atoms with Gasteiger partial charge in [0, 0.05) is 24.3 Å². The number of halogens is 1. The molecule has 0 aliphatic carbocycles. The lowest BCUT2D eigenvalue weighted by Crippen LogP contribution is -2.24. The van der Waals surface area contributed by atoms with Crippen LogP contribution in [0.3, 0.4) is 0 Å². The first kappa shape index (κ1) is 11.7. The highest BCUT2D eigenvalue weighted by Crippen LogP contribution is 2.20. The Morgan fingerprint density at radius 3 is 2.67 bits per heavy atom. The number of hydrogen-bond donors (Lipinski definition) is 0. The minimum absolute atomic E-state index is 0.367. The zero-order chi connectivity index (χ0) is 11.3. The number of rotatable bonds is 5. The number of nitrogens with zero attached hydrogens (tertiary/aromatic N) is 1. The van der Waals surface area contributed by atoms with E-state index in [1.54, 1.807) is 6.07 Å². The maximum absolute atomic E-state index is 12.9. The number of hydrogen-bond acceptors (Lipinski definition) is 2. The van der Waals surface area contributed by atoms with Crippen molar-refractivity contribution in [3.05, 3.63) is 29.6 Å². The van der Waals surface area contributed by atoms with Crippen LogP contribution in [0.2, 0.25) is 0 Å². The molecule has 0 unspecified atom stereocenters. The van der Waals surface area contributed by atoms with Gasteiger partial charge in [-0.25, -0.2) is 4.39 Å². The standard InChI is InChI=1S/C12H16FNO/c1-3-7-14(4-2)12-6-5-11(13)8-10(12)9-15/h5-6,8-9H,3-4,7H2,1-2H3. The number of aldehydes is 1. The zero-order valence-corrected chi connectivity index (χ0v) is 9.16. The van der Waals surface area contributed by atoms with E-state index in [-0.39, 0.29) is 5.82 Å². The summed E-state index contributed by atoms with van der Waals surface area (Å²) >= 11 is 0. The number of benzene rings is 1. The summed E-state index contributed by atoms with van der Waals surface area (Å²) in [5, 5.41) is 0. The first-order valence-electron chi connectivity index (χ1n) is 5.22. The van der Waals surface area contributed by atoms with Gasteiger partial charge in [0.15, 0.2) is 6.29 Å². The predicted molar refractivity (Wildman–Crippen MR) is 60.0 cm³/mol. The summed E-state index contributed by atoms with van der Waals surface area (Å²) in [5.41, 5.74) is 1.24. The molecule has 0 radical (unpaired) electrons. The molecule has 0 spiro atoms. The highest BCUT2D eigenvalue weighted by molar-refractivity contribution is 5.84. The van der Waals surface area contributed by atoms with Crippen LogP contribution in [0, 0.1) is 5.82 Å². The van der Waals surface area contributed by atoms with Crippen LogP contribution >= 0.6 is 0 Å². The second-order valence-electron chi connectivity index (χ2n) is 3.40. The molecule has 82 valence electrons. The Kier molecular flexibility index (Phi) is 4.28. The van der Waals surface area contributed by atoms with Crippen LogP contribution < -0.4 is 4.90 Å². The van der Waals surface area contributed by atoms with Crippen molar-refractivity contribution < 1.29 is 9.18 Å². The quantitative estimate of drug-likeness (QED) is 0.695. The summed E-state index contributed by atoms with van der Waals surface area (Å²) in [7, 11) is 0. The van der Waals surface area contributed by atoms with E-state index < -0.39 is 0 Å². The molecule has 0 fully saturated rings. The molecule has 0 N–H and O–H groups in total. The number of carbonyl (C=O) groups is 1. The average molecular weight is 209 g/mol. The fourth-order valence-electron chi connectivity index (χ4n) is 1.63. The van der Waals surface area contributed by atoms with Gasteiger partial charge in [-0.05, 0) is 31.5 Å². The minimum atomic E-state index is -0.367. The van der Waals surface area contributed by atoms with Gasteiger partial charge in [-0.2, -0.15) is 0 Å². The van der Waals surface area contributed by atoms with Gasteiger partial charge in [0.2, 0.25) is 0 Å². The average Bonchev–Trinajstić information content (AvgIpc) is 2.26. The van der Waals surface area contributed by atoms with Crippen molar-refractivity contribution in [3.63, 3.8) is 0 Å². The molecule has 3 heteroatoms. The molecule has 1 aromatic rings. The van der Waals surface area contributed by atoms with E-state index in [1.165, 1.54) is 12.1 Å². The van der Waals surface area contributed by atoms with E-state index in [2.05, 4.69) is 11.8 Å². The zero-order valence-electron chi connectivity index (χ0n) is 9.16. The van der Waals surface area contributed by atoms with Gasteiger partial charge in [0.1, 0.15) is 5.82 Å². The lowest BCUT2D eigenvalue weighted by Gasteiger charge is -2.23. The van der Waals surface area contributed by atoms with E-state index in [1.807, 2.05) is 6.92 Å². The highest BCUT2D eigenvalue weighted by atomic mass is 19.1. The molecule has 0 aromatic heterocycles. The van der Waals surface area contributed by atoms with E-state index in [4.69, 9.17) is 0 Å². The summed E-state index contributed by atoms with van der Waals surface area (Å²) in [6, 6.07) is 4.33. The smallest absolute Gasteiger partial charge is 0.152 e. The molecule has 0 bridgehead atoms. The third-order valence-electron chi connectivity index (χ3n) is 2.33. The van der Waals surface area contributed by atoms with E-state index in [9.17, 15) is 9.18 Å². The molecule has 2 nitrogen and oxygen atoms in total. The van der Waals surface area contributed by atoms with Crippen molar-refractivity contribution in [2.45, 2.75) is 20.3 Å². The maximum Gasteiger partial charge on any atom is 0.152 e. The fourth-order valence-corrected chi connectivity index (χ4v) is 1.63. The van der Waals surface area contributed by atoms with Crippen molar-refractivity contribution >= 4 is 12.0 Å². The van der Waals surface area contributed by atoms with Crippen molar-refractivity contribution in [2.24, 2.45) is 0 Å². The predicted octanol–water partition coefficient (Wildman–Crippen LogP) is 2.87. The first-order chi connectivity index (χ1) is 7.22. The molecule has 0 atom stereocenters. The summed E-state index contributed by atoms with van der Waals surface area (Å²) in [4.78, 5) is 12.9. The Morgan fingerprint density at radius 1 is 1.40 bits per heavy atom. The van der Waals surface area contributed by atoms with Crippen LogP contribution in [0.5, 0.6) is 0 Å². The van der Waals surface area contributed by atoms with Crippen LogP contribution in [-0.4, -0.2) is 19.4 Å². The SMILES string of the molecule is CCCN(CC)c1ccc(F)cc1C=O. The van der Waals surface area contributed by atoms with Crippen LogP contribution in [0.4, 0.5) is 10.1 Å². The summed E-state index contributed by atoms with van der Waals surface area (Å²) < 4.78 is 12.9. The normalized spacial score (nSPS) is 10.1. The number of anilines is 1. The molecule has 1 aromatic carbocycles. The van der Waals surface area contributed by atoms with Gasteiger partial charge in [0.25, 0.3) is 0 Å². The first-order valence-corrected chi connectivity index (χ1v) is 5.22. The van der Waals surface area contributed by atoms with Gasteiger partial charge < -0.3 is 4.90 Å². The van der Waals surface area contributed by atoms with Gasteiger partial charge in [-0.3, -0.25) is 4.79 Å². The van der Waals surface area contributed by atoms with E-state index >= 15 is 0 Å². The summed E-state index contributed by atoms with van der Waals surface area (Å²) in [6.07, 6.45) is 1.71. The molecule has 15 heavy (non-hydrogen) atoms. The largest absolute Gasteiger partial charge is 0.371 e. The van der Waals surface area contributed by atoms with Crippen molar-refractivity contribution in [1.82, 2.24) is 0 Å². The lowest BCUT2D eigenvalue weighted by atomic mass is 10.1. The summed E-state index contributed by atoms with van der Waals surface area (Å²) in [5.74, 6) is -0.367. The van der Waals surface area contributed by atoms with Crippen molar-refractivity contribution in [2.75, 3.05) is 18.0 Å². The number of carbonyl (C=O) groups excluding carboxylic acids is 1. The monoisotopic (exact) mass is 209 g/mol. The van der Waals surface area contributed by atoms with Crippen LogP contribution in [0.15, 0.2) is 18.2 Å². The highest BCUT2D eigenvalue weighted by Gasteiger charge is 2.09. The Bertz CT molecular complexity index is 338. The minimum Gasteiger partial charge on any atom is -0.371 e. The van der Waals surface area contributed by atoms with Gasteiger partial charge in [-0.1, -0.05) is 6.92 Å². The van der Waals surface area contributed by atoms with E-state index in [0.29, 0.717) is 11.8 Å². The Hall–Kier alpha value is -1.38. The van der Waals surface area contributed by atoms with Crippen LogP contribution in [0.25, 0.3) is 0 Å². The Morgan fingerprint density at radius 2 is 2.13 bits per heavy atom. The van der Waals surface area contributed by atoms with Crippen LogP contribution in [-0.2, 0) is 0 Å². The lowest BCUT2D eigenvalue weighted by molar-refractivity contribution is 0.112. The third-order valence-corrected chi connectivity index (χ3v) is 2.33. The maximum atomic E-state index is 12.9. The molecular weight excluding hydrogens is 193 g/mol. The third kappa shape index (κ3) is 2.78. The Labute approximate surface area is 89.7 Å². The fraction of sp³-hybridized carbons (Fsp3) is 0.417.